The molecule has 0 amide bonds. The van der Waals surface area contributed by atoms with Crippen LogP contribution in [-0.2, 0) is 4.74 Å². The van der Waals surface area contributed by atoms with E-state index in [9.17, 15) is 20.3 Å². The van der Waals surface area contributed by atoms with Crippen molar-refractivity contribution < 1.29 is 19.9 Å². The van der Waals surface area contributed by atoms with Gasteiger partial charge in [0.2, 0.25) is 0 Å². The van der Waals surface area contributed by atoms with Crippen LogP contribution in [0.15, 0.2) is 89.8 Å². The summed E-state index contributed by atoms with van der Waals surface area (Å²) in [6, 6.07) is 4.48. The highest BCUT2D eigenvalue weighted by atomic mass is 32.1. The predicted molar refractivity (Wildman–Crippen MR) is 127 cm³/mol. The van der Waals surface area contributed by atoms with Crippen LogP contribution < -0.4 is 0 Å². The van der Waals surface area contributed by atoms with E-state index < -0.39 is 15.3 Å². The molecule has 0 spiro atoms. The average Bonchev–Trinajstić information content (AvgIpc) is 3.00. The second kappa shape index (κ2) is 8.15. The van der Waals surface area contributed by atoms with E-state index in [1.165, 1.54) is 12.1 Å². The minimum absolute atomic E-state index is 0.151. The van der Waals surface area contributed by atoms with E-state index in [0.29, 0.717) is 17.9 Å². The highest BCUT2D eigenvalue weighted by molar-refractivity contribution is 7.82. The Morgan fingerprint density at radius 1 is 1.16 bits per heavy atom. The lowest BCUT2D eigenvalue weighted by Gasteiger charge is -2.35. The van der Waals surface area contributed by atoms with Crippen molar-refractivity contribution in [3.63, 3.8) is 0 Å². The van der Waals surface area contributed by atoms with Crippen LogP contribution in [0.25, 0.3) is 0 Å². The van der Waals surface area contributed by atoms with Gasteiger partial charge in [-0.3, -0.25) is 10.1 Å². The van der Waals surface area contributed by atoms with Crippen molar-refractivity contribution in [2.75, 3.05) is 6.61 Å². The fourth-order valence-electron chi connectivity index (χ4n) is 4.18. The van der Waals surface area contributed by atoms with Crippen molar-refractivity contribution in [2.24, 2.45) is 5.92 Å². The smallest absolute Gasteiger partial charge is 0.310 e. The van der Waals surface area contributed by atoms with Crippen molar-refractivity contribution in [3.8, 4) is 5.75 Å². The molecule has 1 aromatic carbocycles. The number of nitro benzene ring substituents is 1. The molecule has 0 saturated carbocycles. The number of allylic oxidation sites excluding steroid dienone is 6. The van der Waals surface area contributed by atoms with Crippen molar-refractivity contribution >= 4 is 18.3 Å². The maximum Gasteiger partial charge on any atom is 0.310 e. The van der Waals surface area contributed by atoms with Crippen LogP contribution in [0.2, 0.25) is 0 Å². The van der Waals surface area contributed by atoms with Crippen LogP contribution in [-0.4, -0.2) is 32.1 Å². The zero-order valence-corrected chi connectivity index (χ0v) is 18.7. The van der Waals surface area contributed by atoms with Crippen LogP contribution in [0.1, 0.15) is 25.3 Å². The zero-order chi connectivity index (χ0) is 23.1. The first-order valence-corrected chi connectivity index (χ1v) is 10.8. The lowest BCUT2D eigenvalue weighted by Crippen LogP contribution is -2.27. The van der Waals surface area contributed by atoms with Gasteiger partial charge in [-0.25, -0.2) is 0 Å². The van der Waals surface area contributed by atoms with Crippen LogP contribution in [0.5, 0.6) is 5.75 Å². The lowest BCUT2D eigenvalue weighted by atomic mass is 9.74. The van der Waals surface area contributed by atoms with Gasteiger partial charge in [-0.1, -0.05) is 42.5 Å². The first kappa shape index (κ1) is 22.2. The van der Waals surface area contributed by atoms with E-state index >= 15 is 0 Å². The van der Waals surface area contributed by atoms with Gasteiger partial charge in [0, 0.05) is 28.2 Å². The van der Waals surface area contributed by atoms with Crippen molar-refractivity contribution in [3.05, 3.63) is 105 Å². The predicted octanol–water partition coefficient (Wildman–Crippen LogP) is 4.90. The van der Waals surface area contributed by atoms with Crippen molar-refractivity contribution in [1.29, 1.82) is 0 Å². The van der Waals surface area contributed by atoms with Crippen LogP contribution in [0, 0.1) is 16.0 Å². The van der Waals surface area contributed by atoms with E-state index in [4.69, 9.17) is 4.74 Å². The molecule has 4 atom stereocenters. The molecule has 4 unspecified atom stereocenters. The molecule has 3 aliphatic rings. The highest BCUT2D eigenvalue weighted by Gasteiger charge is 2.37. The molecule has 4 rings (SSSR count). The summed E-state index contributed by atoms with van der Waals surface area (Å²) in [6.45, 7) is 4.01. The molecule has 32 heavy (non-hydrogen) atoms. The van der Waals surface area contributed by atoms with E-state index in [1.54, 1.807) is 31.2 Å². The highest BCUT2D eigenvalue weighted by Crippen LogP contribution is 2.46. The summed E-state index contributed by atoms with van der Waals surface area (Å²) < 4.78 is 5.70. The number of phenolic OH excluding ortho intramolecular Hbond substituents is 1. The zero-order valence-electron chi connectivity index (χ0n) is 17.8. The van der Waals surface area contributed by atoms with Gasteiger partial charge >= 0.3 is 5.69 Å². The molecule has 0 fully saturated rings. The molecule has 6 nitrogen and oxygen atoms in total. The summed E-state index contributed by atoms with van der Waals surface area (Å²) in [5, 5.41) is 32.0. The second-order valence-electron chi connectivity index (χ2n) is 8.70. The Morgan fingerprint density at radius 2 is 1.91 bits per heavy atom. The molecule has 0 bridgehead atoms. The van der Waals surface area contributed by atoms with Crippen LogP contribution >= 0.6 is 12.6 Å². The van der Waals surface area contributed by atoms with Gasteiger partial charge in [-0.05, 0) is 49.3 Å². The molecule has 1 heterocycles. The number of nitro groups is 1. The summed E-state index contributed by atoms with van der Waals surface area (Å²) in [4.78, 5) is 10.9. The maximum absolute atomic E-state index is 11.5. The third-order valence-electron chi connectivity index (χ3n) is 5.93. The molecule has 0 aromatic heterocycles. The van der Waals surface area contributed by atoms with Gasteiger partial charge in [0.25, 0.3) is 0 Å². The van der Waals surface area contributed by atoms with E-state index in [-0.39, 0.29) is 23.3 Å². The van der Waals surface area contributed by atoms with Crippen LogP contribution in [0.4, 0.5) is 5.69 Å². The average molecular weight is 452 g/mol. The molecule has 7 heteroatoms. The number of hydrogen-bond acceptors (Lipinski definition) is 6. The summed E-state index contributed by atoms with van der Waals surface area (Å²) in [6.07, 6.45) is 16.9. The molecule has 166 valence electrons. The summed E-state index contributed by atoms with van der Waals surface area (Å²) in [7, 11) is 0. The Labute approximate surface area is 192 Å². The number of hydrogen-bond donors (Lipinski definition) is 3. The molecule has 2 aliphatic carbocycles. The number of thiol groups is 1. The minimum atomic E-state index is -1.14. The third-order valence-corrected chi connectivity index (χ3v) is 6.23. The number of phenols is 1. The Morgan fingerprint density at radius 3 is 2.66 bits per heavy atom. The first-order valence-electron chi connectivity index (χ1n) is 10.3. The fraction of sp³-hybridized carbons (Fsp3) is 0.280. The van der Waals surface area contributed by atoms with E-state index in [1.807, 2.05) is 43.4 Å². The normalized spacial score (nSPS) is 31.4. The minimum Gasteiger partial charge on any atom is -0.502 e. The first-order chi connectivity index (χ1) is 15.1. The molecule has 2 N–H and O–H groups in total. The Bertz CT molecular complexity index is 1140. The molecule has 1 aliphatic heterocycles. The van der Waals surface area contributed by atoms with E-state index in [0.717, 1.165) is 11.1 Å². The number of aromatic hydroxyl groups is 1. The van der Waals surface area contributed by atoms with Crippen molar-refractivity contribution in [2.45, 2.75) is 30.1 Å². The van der Waals surface area contributed by atoms with Gasteiger partial charge in [0.05, 0.1) is 17.1 Å². The van der Waals surface area contributed by atoms with Gasteiger partial charge < -0.3 is 14.9 Å². The quantitative estimate of drug-likeness (QED) is 0.345. The fourth-order valence-corrected chi connectivity index (χ4v) is 4.34. The third kappa shape index (κ3) is 4.45. The largest absolute Gasteiger partial charge is 0.502 e. The molecule has 0 radical (unpaired) electrons. The van der Waals surface area contributed by atoms with Gasteiger partial charge in [0.15, 0.2) is 5.75 Å². The van der Waals surface area contributed by atoms with E-state index in [2.05, 4.69) is 12.6 Å². The van der Waals surface area contributed by atoms with Gasteiger partial charge in [-0.15, -0.1) is 0 Å². The number of nitrogens with zero attached hydrogens (tertiary/aromatic N) is 1. The van der Waals surface area contributed by atoms with Gasteiger partial charge in [-0.2, -0.15) is 12.6 Å². The Kier molecular flexibility index (Phi) is 5.65. The monoisotopic (exact) mass is 451 g/mol. The number of rotatable bonds is 3. The lowest BCUT2D eigenvalue weighted by molar-refractivity contribution is -0.385. The topological polar surface area (TPSA) is 92.8 Å². The van der Waals surface area contributed by atoms with Crippen molar-refractivity contribution in [1.82, 2.24) is 0 Å². The van der Waals surface area contributed by atoms with Gasteiger partial charge in [0.1, 0.15) is 5.76 Å². The summed E-state index contributed by atoms with van der Waals surface area (Å²) >= 11 is 4.64. The molecule has 1 aromatic rings. The Balaban J connectivity index is 1.87. The number of ether oxygens (including phenoxy) is 1. The number of aliphatic hydroxyl groups is 1. The number of benzene rings is 1. The maximum atomic E-state index is 11.5. The summed E-state index contributed by atoms with van der Waals surface area (Å²) in [5.74, 6) is -0.203. The molecular weight excluding hydrogens is 426 g/mol. The molecule has 0 saturated heterocycles. The second-order valence-corrected chi connectivity index (χ2v) is 9.66. The SMILES string of the molecule is CC1(O)C=CC2=C(C=C1)C(c1ccc(O)c([N+](=O)[O-])c1)C(C1=CC=CC(C)(S)C=C1)CO2. The summed E-state index contributed by atoms with van der Waals surface area (Å²) in [5.41, 5.74) is 1.01. The van der Waals surface area contributed by atoms with Crippen LogP contribution in [0.3, 0.4) is 0 Å². The molecular formula is C25H25NO5S. The standard InChI is InChI=1S/C25H25NO5S/c1-24(28)11-8-18-22(9-12-24)31-15-19(16-4-3-10-25(2,32)13-7-16)23(18)17-5-6-21(27)20(14-17)26(29)30/h3-14,19,23,27-28,32H,15H2,1-2H3. The Hall–Kier alpha value is -3.03.